The Kier molecular flexibility index (Phi) is 3.27. The Morgan fingerprint density at radius 2 is 2.19 bits per heavy atom. The summed E-state index contributed by atoms with van der Waals surface area (Å²) >= 11 is 0. The van der Waals surface area contributed by atoms with Crippen molar-refractivity contribution in [3.8, 4) is 0 Å². The Bertz CT molecular complexity index is 1130. The van der Waals surface area contributed by atoms with Gasteiger partial charge in [-0.05, 0) is 18.9 Å². The zero-order valence-corrected chi connectivity index (χ0v) is 14.8. The van der Waals surface area contributed by atoms with Crippen LogP contribution in [0.3, 0.4) is 0 Å². The highest BCUT2D eigenvalue weighted by Crippen LogP contribution is 2.35. The molecule has 0 unspecified atom stereocenters. The third-order valence-electron chi connectivity index (χ3n) is 5.32. The van der Waals surface area contributed by atoms with Crippen molar-refractivity contribution in [3.05, 3.63) is 40.4 Å². The van der Waals surface area contributed by atoms with E-state index in [0.717, 1.165) is 19.4 Å². The lowest BCUT2D eigenvalue weighted by Crippen LogP contribution is -2.39. The summed E-state index contributed by atoms with van der Waals surface area (Å²) in [6.45, 7) is 1.27. The van der Waals surface area contributed by atoms with Gasteiger partial charge in [-0.15, -0.1) is 0 Å². The minimum atomic E-state index is -0.254. The molecule has 0 radical (unpaired) electrons. The lowest BCUT2D eigenvalue weighted by molar-refractivity contribution is 0.0984. The first-order valence-electron chi connectivity index (χ1n) is 8.83. The maximum atomic E-state index is 13.2. The molecule has 0 aliphatic carbocycles. The molecule has 9 nitrogen and oxygen atoms in total. The average molecular weight is 366 g/mol. The highest BCUT2D eigenvalue weighted by atomic mass is 16.4. The van der Waals surface area contributed by atoms with Gasteiger partial charge < -0.3 is 19.6 Å². The SMILES string of the molecule is Cn1ccc2oc(N3C[C@@H]4CCCN4c4nc(N)ncc4C3=O)cc2c1=O. The van der Waals surface area contributed by atoms with Crippen molar-refractivity contribution in [2.45, 2.75) is 18.9 Å². The van der Waals surface area contributed by atoms with Gasteiger partial charge in [0.05, 0.1) is 5.39 Å². The van der Waals surface area contributed by atoms with Gasteiger partial charge in [0.15, 0.2) is 0 Å². The fourth-order valence-electron chi connectivity index (χ4n) is 3.94. The second-order valence-electron chi connectivity index (χ2n) is 6.97. The van der Waals surface area contributed by atoms with Crippen LogP contribution in [0.4, 0.5) is 17.7 Å². The molecule has 0 bridgehead atoms. The fourth-order valence-corrected chi connectivity index (χ4v) is 3.94. The summed E-state index contributed by atoms with van der Waals surface area (Å²) in [5.74, 6) is 0.822. The van der Waals surface area contributed by atoms with Gasteiger partial charge in [0.25, 0.3) is 11.5 Å². The number of carbonyl (C=O) groups is 1. The standard InChI is InChI=1S/C18H18N6O3/c1-22-6-4-13-11(16(22)25)7-14(27-13)24-9-10-3-2-5-23(10)15-12(17(24)26)8-20-18(19)21-15/h4,6-8,10H,2-3,5,9H2,1H3,(H2,19,20,21)/t10-/m0/s1. The molecule has 1 amide bonds. The monoisotopic (exact) mass is 366 g/mol. The second kappa shape index (κ2) is 5.57. The van der Waals surface area contributed by atoms with Gasteiger partial charge in [-0.3, -0.25) is 14.5 Å². The molecular formula is C18H18N6O3. The zero-order chi connectivity index (χ0) is 18.7. The highest BCUT2D eigenvalue weighted by Gasteiger charge is 2.38. The van der Waals surface area contributed by atoms with Crippen LogP contribution < -0.4 is 21.1 Å². The van der Waals surface area contributed by atoms with Crippen LogP contribution in [0.5, 0.6) is 0 Å². The van der Waals surface area contributed by atoms with Crippen molar-refractivity contribution in [3.63, 3.8) is 0 Å². The van der Waals surface area contributed by atoms with Crippen LogP contribution in [0.25, 0.3) is 11.0 Å². The summed E-state index contributed by atoms with van der Waals surface area (Å²) < 4.78 is 7.35. The number of anilines is 3. The van der Waals surface area contributed by atoms with Crippen LogP contribution in [0.15, 0.2) is 33.7 Å². The summed E-state index contributed by atoms with van der Waals surface area (Å²) in [4.78, 5) is 37.6. The van der Waals surface area contributed by atoms with Crippen LogP contribution in [-0.2, 0) is 7.05 Å². The Morgan fingerprint density at radius 3 is 3.04 bits per heavy atom. The molecule has 0 saturated carbocycles. The Hall–Kier alpha value is -3.36. The number of hydrogen-bond donors (Lipinski definition) is 1. The molecule has 1 saturated heterocycles. The fraction of sp³-hybridized carbons (Fsp3) is 0.333. The van der Waals surface area contributed by atoms with Crippen molar-refractivity contribution in [2.75, 3.05) is 28.6 Å². The third kappa shape index (κ3) is 2.31. The molecule has 1 atom stereocenters. The number of rotatable bonds is 1. The quantitative estimate of drug-likeness (QED) is 0.687. The van der Waals surface area contributed by atoms with Gasteiger partial charge in [-0.1, -0.05) is 0 Å². The number of nitrogens with zero attached hydrogens (tertiary/aromatic N) is 5. The number of furan rings is 1. The zero-order valence-electron chi connectivity index (χ0n) is 14.8. The first-order valence-corrected chi connectivity index (χ1v) is 8.83. The van der Waals surface area contributed by atoms with E-state index >= 15 is 0 Å². The number of nitrogens with two attached hydrogens (primary N) is 1. The summed E-state index contributed by atoms with van der Waals surface area (Å²) in [5, 5.41) is 0.448. The number of nitrogen functional groups attached to an aromatic ring is 1. The van der Waals surface area contributed by atoms with Gasteiger partial charge >= 0.3 is 0 Å². The number of carbonyl (C=O) groups excluding carboxylic acids is 1. The molecule has 2 aliphatic heterocycles. The van der Waals surface area contributed by atoms with Crippen LogP contribution in [0.2, 0.25) is 0 Å². The van der Waals surface area contributed by atoms with E-state index in [4.69, 9.17) is 10.2 Å². The van der Waals surface area contributed by atoms with Gasteiger partial charge in [-0.25, -0.2) is 4.98 Å². The molecule has 2 aliphatic rings. The van der Waals surface area contributed by atoms with E-state index < -0.39 is 0 Å². The van der Waals surface area contributed by atoms with Crippen LogP contribution in [0.1, 0.15) is 23.2 Å². The van der Waals surface area contributed by atoms with Crippen molar-refractivity contribution in [1.82, 2.24) is 14.5 Å². The number of fused-ring (bicyclic) bond motifs is 4. The van der Waals surface area contributed by atoms with E-state index in [-0.39, 0.29) is 23.5 Å². The number of pyridine rings is 1. The summed E-state index contributed by atoms with van der Waals surface area (Å²) in [6, 6.07) is 3.47. The van der Waals surface area contributed by atoms with Crippen LogP contribution in [-0.4, -0.2) is 39.6 Å². The summed E-state index contributed by atoms with van der Waals surface area (Å²) in [7, 11) is 1.68. The van der Waals surface area contributed by atoms with Crippen molar-refractivity contribution < 1.29 is 9.21 Å². The van der Waals surface area contributed by atoms with Crippen LogP contribution in [0, 0.1) is 0 Å². The molecule has 9 heteroatoms. The molecule has 1 fully saturated rings. The summed E-state index contributed by atoms with van der Waals surface area (Å²) in [5.41, 5.74) is 6.45. The molecular weight excluding hydrogens is 348 g/mol. The largest absolute Gasteiger partial charge is 0.440 e. The lowest BCUT2D eigenvalue weighted by atomic mass is 10.2. The number of aromatic nitrogens is 3. The minimum Gasteiger partial charge on any atom is -0.440 e. The Labute approximate surface area is 154 Å². The molecule has 2 N–H and O–H groups in total. The van der Waals surface area contributed by atoms with E-state index in [1.807, 2.05) is 0 Å². The van der Waals surface area contributed by atoms with Crippen LogP contribution >= 0.6 is 0 Å². The third-order valence-corrected chi connectivity index (χ3v) is 5.32. The maximum absolute atomic E-state index is 13.2. The van der Waals surface area contributed by atoms with Gasteiger partial charge in [0.2, 0.25) is 11.8 Å². The van der Waals surface area contributed by atoms with Crippen molar-refractivity contribution in [2.24, 2.45) is 7.05 Å². The second-order valence-corrected chi connectivity index (χ2v) is 6.97. The first-order chi connectivity index (χ1) is 13.0. The minimum absolute atomic E-state index is 0.112. The number of amides is 1. The topological polar surface area (TPSA) is 110 Å². The molecule has 3 aromatic heterocycles. The van der Waals surface area contributed by atoms with E-state index in [0.29, 0.717) is 34.8 Å². The predicted molar refractivity (Wildman–Crippen MR) is 99.9 cm³/mol. The number of hydrogen-bond acceptors (Lipinski definition) is 7. The number of aryl methyl sites for hydroxylation is 1. The van der Waals surface area contributed by atoms with Gasteiger partial charge in [0.1, 0.15) is 17.0 Å². The van der Waals surface area contributed by atoms with Gasteiger partial charge in [0, 0.05) is 44.6 Å². The molecule has 5 heterocycles. The Balaban J connectivity index is 1.67. The molecule has 0 spiro atoms. The molecule has 27 heavy (non-hydrogen) atoms. The Morgan fingerprint density at radius 1 is 1.33 bits per heavy atom. The lowest BCUT2D eigenvalue weighted by Gasteiger charge is -2.25. The normalized spacial score (nSPS) is 19.3. The van der Waals surface area contributed by atoms with Crippen molar-refractivity contribution in [1.29, 1.82) is 0 Å². The van der Waals surface area contributed by atoms with E-state index in [2.05, 4.69) is 14.9 Å². The van der Waals surface area contributed by atoms with E-state index in [1.165, 1.54) is 10.8 Å². The first kappa shape index (κ1) is 15.9. The van der Waals surface area contributed by atoms with E-state index in [9.17, 15) is 9.59 Å². The molecule has 5 rings (SSSR count). The average Bonchev–Trinajstić information content (AvgIpc) is 3.27. The summed E-state index contributed by atoms with van der Waals surface area (Å²) in [6.07, 6.45) is 5.06. The molecule has 138 valence electrons. The van der Waals surface area contributed by atoms with E-state index in [1.54, 1.807) is 30.3 Å². The predicted octanol–water partition coefficient (Wildman–Crippen LogP) is 1.13. The maximum Gasteiger partial charge on any atom is 0.266 e. The smallest absolute Gasteiger partial charge is 0.266 e. The highest BCUT2D eigenvalue weighted by molar-refractivity contribution is 6.10. The van der Waals surface area contributed by atoms with Crippen molar-refractivity contribution >= 4 is 34.5 Å². The molecule has 3 aromatic rings. The van der Waals surface area contributed by atoms with Gasteiger partial charge in [-0.2, -0.15) is 4.98 Å². The molecule has 0 aromatic carbocycles.